The first-order valence-corrected chi connectivity index (χ1v) is 11.0. The van der Waals surface area contributed by atoms with E-state index in [1.54, 1.807) is 29.2 Å². The summed E-state index contributed by atoms with van der Waals surface area (Å²) in [6.07, 6.45) is -1.81. The van der Waals surface area contributed by atoms with Crippen molar-refractivity contribution < 1.29 is 18.0 Å². The van der Waals surface area contributed by atoms with Crippen LogP contribution in [-0.4, -0.2) is 26.8 Å². The lowest BCUT2D eigenvalue weighted by Gasteiger charge is -2.31. The van der Waals surface area contributed by atoms with Gasteiger partial charge in [0.15, 0.2) is 0 Å². The Morgan fingerprint density at radius 2 is 2.03 bits per heavy atom. The van der Waals surface area contributed by atoms with Crippen molar-refractivity contribution in [2.75, 3.05) is 5.73 Å². The van der Waals surface area contributed by atoms with Gasteiger partial charge in [0, 0.05) is 23.2 Å². The predicted molar refractivity (Wildman–Crippen MR) is 120 cm³/mol. The van der Waals surface area contributed by atoms with Gasteiger partial charge in [-0.05, 0) is 71.1 Å². The molecule has 0 unspecified atom stereocenters. The fourth-order valence-corrected chi connectivity index (χ4v) is 4.11. The molecule has 2 aromatic heterocycles. The molecular weight excluding hydrogens is 499 g/mol. The highest BCUT2D eigenvalue weighted by atomic mass is 79.9. The summed E-state index contributed by atoms with van der Waals surface area (Å²) in [5, 5.41) is 10.1. The van der Waals surface area contributed by atoms with Crippen molar-refractivity contribution in [3.05, 3.63) is 63.9 Å². The second-order valence-electron chi connectivity index (χ2n) is 8.00. The van der Waals surface area contributed by atoms with Gasteiger partial charge < -0.3 is 10.6 Å². The molecule has 1 aliphatic carbocycles. The molecule has 1 aromatic carbocycles. The van der Waals surface area contributed by atoms with E-state index in [-0.39, 0.29) is 30.8 Å². The summed E-state index contributed by atoms with van der Waals surface area (Å²) in [4.78, 5) is 23.3. The monoisotopic (exact) mass is 517 g/mol. The summed E-state index contributed by atoms with van der Waals surface area (Å²) < 4.78 is 39.3. The molecule has 0 radical (unpaired) electrons. The highest BCUT2D eigenvalue weighted by Gasteiger charge is 2.38. The summed E-state index contributed by atoms with van der Waals surface area (Å²) in [5.74, 6) is 0.192. The lowest BCUT2D eigenvalue weighted by atomic mass is 10.0. The number of hydrogen-bond donors (Lipinski definition) is 1. The van der Waals surface area contributed by atoms with E-state index >= 15 is 0 Å². The zero-order valence-electron chi connectivity index (χ0n) is 17.3. The Bertz CT molecular complexity index is 1240. The molecule has 6 nitrogen and oxygen atoms in total. The Kier molecular flexibility index (Phi) is 6.26. The van der Waals surface area contributed by atoms with Crippen LogP contribution in [0.4, 0.5) is 19.0 Å². The van der Waals surface area contributed by atoms with Crippen molar-refractivity contribution in [1.82, 2.24) is 14.9 Å². The first kappa shape index (κ1) is 23.0. The van der Waals surface area contributed by atoms with Crippen molar-refractivity contribution >= 4 is 38.6 Å². The van der Waals surface area contributed by atoms with E-state index < -0.39 is 11.7 Å². The van der Waals surface area contributed by atoms with E-state index in [2.05, 4.69) is 32.0 Å². The van der Waals surface area contributed by atoms with Gasteiger partial charge in [0.05, 0.1) is 40.3 Å². The molecule has 0 spiro atoms. The van der Waals surface area contributed by atoms with Crippen molar-refractivity contribution in [3.8, 4) is 6.07 Å². The van der Waals surface area contributed by atoms with Crippen LogP contribution in [0.1, 0.15) is 40.9 Å². The van der Waals surface area contributed by atoms with Crippen molar-refractivity contribution in [3.63, 3.8) is 0 Å². The number of amides is 1. The Morgan fingerprint density at radius 1 is 1.27 bits per heavy atom. The molecule has 0 aliphatic heterocycles. The number of pyridine rings is 2. The average Bonchev–Trinajstić information content (AvgIpc) is 3.61. The molecule has 2 heterocycles. The third kappa shape index (κ3) is 5.09. The Labute approximate surface area is 196 Å². The molecule has 10 heteroatoms. The molecule has 1 atom stereocenters. The molecule has 33 heavy (non-hydrogen) atoms. The maximum Gasteiger partial charge on any atom is 0.417 e. The van der Waals surface area contributed by atoms with Gasteiger partial charge in [-0.2, -0.15) is 18.4 Å². The molecule has 1 aliphatic rings. The number of alkyl halides is 3. The minimum absolute atomic E-state index is 0.00152. The first-order chi connectivity index (χ1) is 15.7. The van der Waals surface area contributed by atoms with Gasteiger partial charge in [0.1, 0.15) is 5.82 Å². The number of nitrogens with zero attached hydrogens (tertiary/aromatic N) is 4. The fourth-order valence-electron chi connectivity index (χ4n) is 3.77. The lowest BCUT2D eigenvalue weighted by Crippen LogP contribution is -2.41. The summed E-state index contributed by atoms with van der Waals surface area (Å²) >= 11 is 3.33. The predicted octanol–water partition coefficient (Wildman–Crippen LogP) is 5.33. The number of anilines is 1. The number of carbonyl (C=O) groups is 1. The number of halogens is 4. The van der Waals surface area contributed by atoms with Gasteiger partial charge in [0.2, 0.25) is 0 Å². The van der Waals surface area contributed by atoms with E-state index in [0.29, 0.717) is 32.5 Å². The topological polar surface area (TPSA) is 95.9 Å². The third-order valence-corrected chi connectivity index (χ3v) is 6.29. The number of benzene rings is 1. The fraction of sp³-hybridized carbons (Fsp3) is 0.304. The van der Waals surface area contributed by atoms with Crippen molar-refractivity contribution in [2.24, 2.45) is 5.92 Å². The highest BCUT2D eigenvalue weighted by molar-refractivity contribution is 9.10. The molecule has 3 aromatic rings. The van der Waals surface area contributed by atoms with Gasteiger partial charge >= 0.3 is 6.18 Å². The number of rotatable bonds is 6. The van der Waals surface area contributed by atoms with Gasteiger partial charge in [0.25, 0.3) is 5.91 Å². The third-order valence-electron chi connectivity index (χ3n) is 5.65. The van der Waals surface area contributed by atoms with Crippen molar-refractivity contribution in [2.45, 2.75) is 38.0 Å². The quantitative estimate of drug-likeness (QED) is 0.476. The van der Waals surface area contributed by atoms with Crippen LogP contribution in [-0.2, 0) is 12.7 Å². The Balaban J connectivity index is 1.68. The lowest BCUT2D eigenvalue weighted by molar-refractivity contribution is -0.137. The second kappa shape index (κ2) is 8.98. The van der Waals surface area contributed by atoms with E-state index in [1.807, 2.05) is 0 Å². The van der Waals surface area contributed by atoms with E-state index in [4.69, 9.17) is 5.73 Å². The molecule has 1 saturated carbocycles. The van der Waals surface area contributed by atoms with Crippen LogP contribution >= 0.6 is 15.9 Å². The van der Waals surface area contributed by atoms with Crippen LogP contribution in [0, 0.1) is 17.2 Å². The summed E-state index contributed by atoms with van der Waals surface area (Å²) in [6.45, 7) is 0.00152. The molecule has 170 valence electrons. The van der Waals surface area contributed by atoms with Crippen LogP contribution in [0.5, 0.6) is 0 Å². The number of aromatic nitrogens is 2. The second-order valence-corrected chi connectivity index (χ2v) is 8.85. The number of carbonyl (C=O) groups excluding carboxylic acids is 1. The van der Waals surface area contributed by atoms with Crippen LogP contribution in [0.3, 0.4) is 0 Å². The molecule has 2 N–H and O–H groups in total. The van der Waals surface area contributed by atoms with Gasteiger partial charge in [-0.15, -0.1) is 0 Å². The van der Waals surface area contributed by atoms with Crippen LogP contribution < -0.4 is 5.73 Å². The van der Waals surface area contributed by atoms with Gasteiger partial charge in [-0.1, -0.05) is 0 Å². The first-order valence-electron chi connectivity index (χ1n) is 10.2. The van der Waals surface area contributed by atoms with Crippen LogP contribution in [0.2, 0.25) is 0 Å². The molecule has 0 saturated heterocycles. The number of nitrogen functional groups attached to an aromatic ring is 1. The average molecular weight is 518 g/mol. The summed E-state index contributed by atoms with van der Waals surface area (Å²) in [5.41, 5.74) is 6.30. The molecule has 1 amide bonds. The number of hydrogen-bond acceptors (Lipinski definition) is 5. The number of nitriles is 1. The molecule has 1 fully saturated rings. The highest BCUT2D eigenvalue weighted by Crippen LogP contribution is 2.38. The Morgan fingerprint density at radius 3 is 2.64 bits per heavy atom. The summed E-state index contributed by atoms with van der Waals surface area (Å²) in [7, 11) is 0. The number of nitrogens with two attached hydrogens (primary N) is 1. The van der Waals surface area contributed by atoms with Gasteiger partial charge in [-0.25, -0.2) is 4.98 Å². The molecule has 4 rings (SSSR count). The zero-order chi connectivity index (χ0) is 23.8. The minimum atomic E-state index is -4.49. The smallest absolute Gasteiger partial charge is 0.383 e. The van der Waals surface area contributed by atoms with Crippen molar-refractivity contribution in [1.29, 1.82) is 5.26 Å². The van der Waals surface area contributed by atoms with Crippen LogP contribution in [0.25, 0.3) is 10.9 Å². The maximum absolute atomic E-state index is 13.6. The Hall–Kier alpha value is -3.19. The van der Waals surface area contributed by atoms with E-state index in [1.165, 1.54) is 6.07 Å². The minimum Gasteiger partial charge on any atom is -0.383 e. The maximum atomic E-state index is 13.6. The zero-order valence-corrected chi connectivity index (χ0v) is 18.9. The largest absolute Gasteiger partial charge is 0.417 e. The molecule has 0 bridgehead atoms. The SMILES string of the molecule is N#CC[C@@H](C1CC1)N(Cc1ccc(C(F)(F)F)cn1)C(=O)c1ccc2nc(N)c(Br)cc2c1. The normalized spacial score (nSPS) is 14.6. The van der Waals surface area contributed by atoms with E-state index in [9.17, 15) is 23.2 Å². The summed E-state index contributed by atoms with van der Waals surface area (Å²) in [6, 6.07) is 10.8. The standard InChI is InChI=1S/C23H19BrF3N5O/c24-18-10-15-9-14(3-6-19(15)31-21(18)29)22(33)32(20(7-8-28)13-1-2-13)12-17-5-4-16(11-30-17)23(25,26)27/h3-6,9-11,13,20H,1-2,7,12H2,(H2,29,31)/t20-/m0/s1. The number of fused-ring (bicyclic) bond motifs is 1. The van der Waals surface area contributed by atoms with Crippen LogP contribution in [0.15, 0.2) is 47.1 Å². The molecular formula is C23H19BrF3N5O. The van der Waals surface area contributed by atoms with E-state index in [0.717, 1.165) is 25.1 Å². The van der Waals surface area contributed by atoms with Gasteiger partial charge in [-0.3, -0.25) is 9.78 Å².